The third-order valence-electron chi connectivity index (χ3n) is 4.16. The van der Waals surface area contributed by atoms with E-state index in [9.17, 15) is 9.90 Å². The summed E-state index contributed by atoms with van der Waals surface area (Å²) in [6.45, 7) is 1.79. The van der Waals surface area contributed by atoms with E-state index in [1.54, 1.807) is 25.1 Å². The predicted octanol–water partition coefficient (Wildman–Crippen LogP) is 3.56. The van der Waals surface area contributed by atoms with E-state index in [0.717, 1.165) is 15.0 Å². The first-order chi connectivity index (χ1) is 12.4. The number of hydrogen-bond donors (Lipinski definition) is 2. The van der Waals surface area contributed by atoms with Gasteiger partial charge in [0.05, 0.1) is 20.8 Å². The van der Waals surface area contributed by atoms with Gasteiger partial charge in [0, 0.05) is 21.2 Å². The van der Waals surface area contributed by atoms with Gasteiger partial charge in [-0.15, -0.1) is 11.3 Å². The molecule has 1 aromatic heterocycles. The molecule has 2 N–H and O–H groups in total. The fourth-order valence-electron chi connectivity index (χ4n) is 2.63. The highest BCUT2D eigenvalue weighted by Crippen LogP contribution is 2.33. The number of fused-ring (bicyclic) bond motifs is 1. The Morgan fingerprint density at radius 3 is 2.38 bits per heavy atom. The second kappa shape index (κ2) is 7.35. The average Bonchev–Trinajstić information content (AvgIpc) is 3.11. The predicted molar refractivity (Wildman–Crippen MR) is 103 cm³/mol. The summed E-state index contributed by atoms with van der Waals surface area (Å²) >= 11 is 1.52. The molecule has 6 heteroatoms. The normalized spacial score (nSPS) is 13.2. The number of methoxy groups -OCH3 is 2. The van der Waals surface area contributed by atoms with Gasteiger partial charge in [0.1, 0.15) is 17.1 Å². The standard InChI is InChI=1S/C20H21NO4S/c1-20(23,18-10-13-6-4-5-7-17(13)26-18)12-21-19(22)14-8-15(24-2)11-16(9-14)25-3/h4-11,23H,12H2,1-3H3,(H,21,22). The Morgan fingerprint density at radius 1 is 1.12 bits per heavy atom. The van der Waals surface area contributed by atoms with Crippen molar-refractivity contribution in [1.29, 1.82) is 0 Å². The van der Waals surface area contributed by atoms with Crippen LogP contribution in [0.5, 0.6) is 11.5 Å². The van der Waals surface area contributed by atoms with E-state index in [1.807, 2.05) is 30.3 Å². The second-order valence-corrected chi connectivity index (χ2v) is 7.29. The molecule has 0 aliphatic carbocycles. The Labute approximate surface area is 156 Å². The van der Waals surface area contributed by atoms with Crippen molar-refractivity contribution < 1.29 is 19.4 Å². The van der Waals surface area contributed by atoms with Crippen molar-refractivity contribution in [2.24, 2.45) is 0 Å². The fraction of sp³-hybridized carbons (Fsp3) is 0.250. The van der Waals surface area contributed by atoms with E-state index in [1.165, 1.54) is 25.6 Å². The Bertz CT molecular complexity index is 877. The summed E-state index contributed by atoms with van der Waals surface area (Å²) in [5.41, 5.74) is -0.754. The molecule has 0 saturated heterocycles. The lowest BCUT2D eigenvalue weighted by atomic mass is 10.0. The van der Waals surface area contributed by atoms with Crippen LogP contribution in [0.25, 0.3) is 10.1 Å². The molecule has 3 aromatic rings. The summed E-state index contributed by atoms with van der Waals surface area (Å²) in [5, 5.41) is 14.7. The lowest BCUT2D eigenvalue weighted by molar-refractivity contribution is 0.0557. The smallest absolute Gasteiger partial charge is 0.251 e. The quantitative estimate of drug-likeness (QED) is 0.695. The molecule has 0 radical (unpaired) electrons. The molecular formula is C20H21NO4S. The number of aliphatic hydroxyl groups is 1. The summed E-state index contributed by atoms with van der Waals surface area (Å²) in [7, 11) is 3.06. The van der Waals surface area contributed by atoms with Gasteiger partial charge in [0.25, 0.3) is 5.91 Å². The molecule has 0 fully saturated rings. The van der Waals surface area contributed by atoms with Crippen LogP contribution in [0.1, 0.15) is 22.2 Å². The molecule has 1 unspecified atom stereocenters. The van der Waals surface area contributed by atoms with E-state index in [2.05, 4.69) is 5.32 Å². The van der Waals surface area contributed by atoms with Gasteiger partial charge in [0.2, 0.25) is 0 Å². The van der Waals surface area contributed by atoms with Crippen molar-refractivity contribution in [1.82, 2.24) is 5.32 Å². The van der Waals surface area contributed by atoms with Crippen molar-refractivity contribution in [3.8, 4) is 11.5 Å². The number of ether oxygens (including phenoxy) is 2. The zero-order chi connectivity index (χ0) is 18.7. The SMILES string of the molecule is COc1cc(OC)cc(C(=O)NCC(C)(O)c2cc3ccccc3s2)c1. The molecule has 0 bridgehead atoms. The molecule has 0 aliphatic rings. The molecule has 0 saturated carbocycles. The molecule has 0 aliphatic heterocycles. The van der Waals surface area contributed by atoms with Crippen molar-refractivity contribution >= 4 is 27.3 Å². The monoisotopic (exact) mass is 371 g/mol. The molecule has 1 amide bonds. The summed E-state index contributed by atoms with van der Waals surface area (Å²) in [4.78, 5) is 13.3. The van der Waals surface area contributed by atoms with Crippen LogP contribution < -0.4 is 14.8 Å². The number of nitrogens with one attached hydrogen (secondary N) is 1. The van der Waals surface area contributed by atoms with Crippen LogP contribution in [0.4, 0.5) is 0 Å². The summed E-state index contributed by atoms with van der Waals surface area (Å²) < 4.78 is 11.5. The molecule has 2 aromatic carbocycles. The maximum absolute atomic E-state index is 12.5. The lowest BCUT2D eigenvalue weighted by Gasteiger charge is -2.22. The highest BCUT2D eigenvalue weighted by Gasteiger charge is 2.26. The van der Waals surface area contributed by atoms with Crippen LogP contribution >= 0.6 is 11.3 Å². The minimum Gasteiger partial charge on any atom is -0.497 e. The minimum atomic E-state index is -1.16. The average molecular weight is 371 g/mol. The number of carbonyl (C=O) groups is 1. The second-order valence-electron chi connectivity index (χ2n) is 6.21. The van der Waals surface area contributed by atoms with Crippen LogP contribution in [-0.2, 0) is 5.60 Å². The third-order valence-corrected chi connectivity index (χ3v) is 5.53. The van der Waals surface area contributed by atoms with E-state index in [0.29, 0.717) is 17.1 Å². The van der Waals surface area contributed by atoms with E-state index in [-0.39, 0.29) is 12.5 Å². The lowest BCUT2D eigenvalue weighted by Crippen LogP contribution is -2.38. The van der Waals surface area contributed by atoms with Crippen LogP contribution in [0.15, 0.2) is 48.5 Å². The number of amides is 1. The topological polar surface area (TPSA) is 67.8 Å². The van der Waals surface area contributed by atoms with Crippen LogP contribution in [0.3, 0.4) is 0 Å². The molecule has 1 heterocycles. The van der Waals surface area contributed by atoms with Gasteiger partial charge in [-0.25, -0.2) is 0 Å². The first kappa shape index (κ1) is 18.2. The Balaban J connectivity index is 1.75. The number of hydrogen-bond acceptors (Lipinski definition) is 5. The summed E-state index contributed by atoms with van der Waals surface area (Å²) in [6.07, 6.45) is 0. The van der Waals surface area contributed by atoms with Crippen LogP contribution in [0, 0.1) is 0 Å². The van der Waals surface area contributed by atoms with Crippen molar-refractivity contribution in [2.45, 2.75) is 12.5 Å². The number of carbonyl (C=O) groups excluding carboxylic acids is 1. The zero-order valence-corrected chi connectivity index (χ0v) is 15.7. The molecule has 5 nitrogen and oxygen atoms in total. The minimum absolute atomic E-state index is 0.0954. The number of thiophene rings is 1. The largest absolute Gasteiger partial charge is 0.497 e. The molecular weight excluding hydrogens is 350 g/mol. The first-order valence-corrected chi connectivity index (χ1v) is 8.97. The molecule has 0 spiro atoms. The van der Waals surface area contributed by atoms with Gasteiger partial charge in [-0.3, -0.25) is 4.79 Å². The highest BCUT2D eigenvalue weighted by molar-refractivity contribution is 7.19. The maximum atomic E-state index is 12.5. The Hall–Kier alpha value is -2.57. The highest BCUT2D eigenvalue weighted by atomic mass is 32.1. The van der Waals surface area contributed by atoms with Gasteiger partial charge in [-0.05, 0) is 36.6 Å². The van der Waals surface area contributed by atoms with Gasteiger partial charge in [0.15, 0.2) is 0 Å². The van der Waals surface area contributed by atoms with Gasteiger partial charge in [-0.1, -0.05) is 18.2 Å². The van der Waals surface area contributed by atoms with Gasteiger partial charge < -0.3 is 19.9 Å². The maximum Gasteiger partial charge on any atom is 0.251 e. The van der Waals surface area contributed by atoms with E-state index in [4.69, 9.17) is 9.47 Å². The Morgan fingerprint density at radius 2 is 1.77 bits per heavy atom. The molecule has 1 atom stereocenters. The fourth-order valence-corrected chi connectivity index (χ4v) is 3.73. The van der Waals surface area contributed by atoms with Crippen LogP contribution in [-0.4, -0.2) is 31.8 Å². The summed E-state index contributed by atoms with van der Waals surface area (Å²) in [5.74, 6) is 0.764. The molecule has 3 rings (SSSR count). The van der Waals surface area contributed by atoms with Crippen molar-refractivity contribution in [2.75, 3.05) is 20.8 Å². The Kier molecular flexibility index (Phi) is 5.15. The number of benzene rings is 2. The van der Waals surface area contributed by atoms with Crippen molar-refractivity contribution in [3.63, 3.8) is 0 Å². The van der Waals surface area contributed by atoms with E-state index >= 15 is 0 Å². The van der Waals surface area contributed by atoms with E-state index < -0.39 is 5.60 Å². The molecule has 26 heavy (non-hydrogen) atoms. The first-order valence-electron chi connectivity index (χ1n) is 8.15. The van der Waals surface area contributed by atoms with Gasteiger partial charge in [-0.2, -0.15) is 0 Å². The number of rotatable bonds is 6. The third kappa shape index (κ3) is 3.81. The zero-order valence-electron chi connectivity index (χ0n) is 14.9. The van der Waals surface area contributed by atoms with Crippen molar-refractivity contribution in [3.05, 3.63) is 59.0 Å². The molecule has 136 valence electrons. The summed E-state index contributed by atoms with van der Waals surface area (Å²) in [6, 6.07) is 14.9. The van der Waals surface area contributed by atoms with Gasteiger partial charge >= 0.3 is 0 Å². The van der Waals surface area contributed by atoms with Crippen LogP contribution in [0.2, 0.25) is 0 Å².